The molecule has 0 aromatic rings. The van der Waals surface area contributed by atoms with Gasteiger partial charge in [-0.25, -0.2) is 0 Å². The summed E-state index contributed by atoms with van der Waals surface area (Å²) in [6, 6.07) is 0. The molecule has 2 saturated carbocycles. The van der Waals surface area contributed by atoms with Crippen LogP contribution in [0.15, 0.2) is 0 Å². The third-order valence-corrected chi connectivity index (χ3v) is 5.68. The molecule has 2 nitrogen and oxygen atoms in total. The lowest BCUT2D eigenvalue weighted by atomic mass is 9.89. The molecule has 3 fully saturated rings. The first-order valence-electron chi connectivity index (χ1n) is 7.69. The lowest BCUT2D eigenvalue weighted by Gasteiger charge is -2.44. The van der Waals surface area contributed by atoms with Crippen molar-refractivity contribution in [2.45, 2.75) is 57.9 Å². The van der Waals surface area contributed by atoms with Crippen LogP contribution in [-0.4, -0.2) is 36.6 Å². The van der Waals surface area contributed by atoms with E-state index in [4.69, 9.17) is 0 Å². The highest BCUT2D eigenvalue weighted by atomic mass is 15.2. The Kier molecular flexibility index (Phi) is 2.99. The van der Waals surface area contributed by atoms with Crippen molar-refractivity contribution in [2.24, 2.45) is 11.3 Å². The van der Waals surface area contributed by atoms with Gasteiger partial charge in [0.15, 0.2) is 0 Å². The molecule has 1 aliphatic heterocycles. The number of nitrogens with one attached hydrogen (secondary N) is 1. The van der Waals surface area contributed by atoms with Gasteiger partial charge >= 0.3 is 0 Å². The summed E-state index contributed by atoms with van der Waals surface area (Å²) in [4.78, 5) is 2.77. The minimum Gasteiger partial charge on any atom is -0.309 e. The second-order valence-electron chi connectivity index (χ2n) is 6.76. The first-order valence-corrected chi connectivity index (χ1v) is 7.69. The topological polar surface area (TPSA) is 15.3 Å². The van der Waals surface area contributed by atoms with Crippen molar-refractivity contribution in [2.75, 3.05) is 26.2 Å². The van der Waals surface area contributed by atoms with Gasteiger partial charge in [-0.05, 0) is 49.9 Å². The van der Waals surface area contributed by atoms with E-state index < -0.39 is 0 Å². The molecule has 1 N–H and O–H groups in total. The Morgan fingerprint density at radius 1 is 1.18 bits per heavy atom. The second kappa shape index (κ2) is 4.24. The van der Waals surface area contributed by atoms with Gasteiger partial charge in [0.1, 0.15) is 0 Å². The molecule has 0 aromatic carbocycles. The van der Waals surface area contributed by atoms with Crippen LogP contribution >= 0.6 is 0 Å². The van der Waals surface area contributed by atoms with Crippen molar-refractivity contribution >= 4 is 0 Å². The lowest BCUT2D eigenvalue weighted by Crippen LogP contribution is -2.60. The van der Waals surface area contributed by atoms with Crippen molar-refractivity contribution < 1.29 is 0 Å². The maximum atomic E-state index is 3.77. The standard InChI is InChI=1S/C15H28N2/c1-3-15(4-2)12-17(10-9-16-15)11-14(7-8-14)13-5-6-13/h13,16H,3-12H2,1-2H3. The van der Waals surface area contributed by atoms with Gasteiger partial charge in [-0.15, -0.1) is 0 Å². The van der Waals surface area contributed by atoms with Crippen LogP contribution in [0.3, 0.4) is 0 Å². The Bertz CT molecular complexity index is 273. The predicted molar refractivity (Wildman–Crippen MR) is 72.1 cm³/mol. The molecule has 0 unspecified atom stereocenters. The van der Waals surface area contributed by atoms with Crippen molar-refractivity contribution in [1.29, 1.82) is 0 Å². The van der Waals surface area contributed by atoms with Crippen molar-refractivity contribution in [3.63, 3.8) is 0 Å². The number of hydrogen-bond acceptors (Lipinski definition) is 2. The van der Waals surface area contributed by atoms with Crippen LogP contribution in [0, 0.1) is 11.3 Å². The summed E-state index contributed by atoms with van der Waals surface area (Å²) in [7, 11) is 0. The zero-order chi connectivity index (χ0) is 11.9. The van der Waals surface area contributed by atoms with E-state index in [9.17, 15) is 0 Å². The number of nitrogens with zero attached hydrogens (tertiary/aromatic N) is 1. The van der Waals surface area contributed by atoms with E-state index in [2.05, 4.69) is 24.1 Å². The summed E-state index contributed by atoms with van der Waals surface area (Å²) in [5, 5.41) is 3.77. The average molecular weight is 236 g/mol. The fourth-order valence-corrected chi connectivity index (χ4v) is 3.90. The SMILES string of the molecule is CCC1(CC)CN(CC2(C3CC3)CC2)CCN1. The molecule has 1 heterocycles. The molecule has 1 saturated heterocycles. The summed E-state index contributed by atoms with van der Waals surface area (Å²) in [6.45, 7) is 9.84. The molecular formula is C15H28N2. The highest BCUT2D eigenvalue weighted by Crippen LogP contribution is 2.61. The number of rotatable bonds is 5. The first-order chi connectivity index (χ1) is 8.22. The van der Waals surface area contributed by atoms with E-state index in [1.807, 2.05) is 0 Å². The van der Waals surface area contributed by atoms with Crippen LogP contribution < -0.4 is 5.32 Å². The normalized spacial score (nSPS) is 31.4. The zero-order valence-corrected chi connectivity index (χ0v) is 11.6. The molecule has 0 amide bonds. The molecule has 17 heavy (non-hydrogen) atoms. The molecule has 3 aliphatic rings. The molecule has 0 radical (unpaired) electrons. The maximum absolute atomic E-state index is 3.77. The smallest absolute Gasteiger partial charge is 0.0304 e. The van der Waals surface area contributed by atoms with Gasteiger partial charge in [-0.3, -0.25) is 4.90 Å². The minimum atomic E-state index is 0.415. The predicted octanol–water partition coefficient (Wildman–Crippen LogP) is 2.64. The zero-order valence-electron chi connectivity index (χ0n) is 11.6. The summed E-state index contributed by atoms with van der Waals surface area (Å²) < 4.78 is 0. The van der Waals surface area contributed by atoms with Crippen LogP contribution in [0.5, 0.6) is 0 Å². The molecule has 0 atom stereocenters. The van der Waals surface area contributed by atoms with Crippen molar-refractivity contribution in [3.05, 3.63) is 0 Å². The fraction of sp³-hybridized carbons (Fsp3) is 1.00. The Morgan fingerprint density at radius 3 is 2.41 bits per heavy atom. The summed E-state index contributed by atoms with van der Waals surface area (Å²) >= 11 is 0. The van der Waals surface area contributed by atoms with E-state index in [-0.39, 0.29) is 0 Å². The molecule has 0 aromatic heterocycles. The van der Waals surface area contributed by atoms with Crippen LogP contribution in [0.25, 0.3) is 0 Å². The van der Waals surface area contributed by atoms with Crippen LogP contribution in [0.4, 0.5) is 0 Å². The minimum absolute atomic E-state index is 0.415. The number of piperazine rings is 1. The van der Waals surface area contributed by atoms with Gasteiger partial charge in [0.2, 0.25) is 0 Å². The molecule has 0 bridgehead atoms. The van der Waals surface area contributed by atoms with Crippen LogP contribution in [0.1, 0.15) is 52.4 Å². The third-order valence-electron chi connectivity index (χ3n) is 5.68. The Labute approximate surface area is 106 Å². The summed E-state index contributed by atoms with van der Waals surface area (Å²) in [6.07, 6.45) is 8.64. The van der Waals surface area contributed by atoms with E-state index in [1.165, 1.54) is 64.7 Å². The molecule has 3 rings (SSSR count). The van der Waals surface area contributed by atoms with Gasteiger partial charge in [-0.1, -0.05) is 13.8 Å². The van der Waals surface area contributed by atoms with E-state index in [0.717, 1.165) is 11.3 Å². The molecule has 98 valence electrons. The highest BCUT2D eigenvalue weighted by molar-refractivity contribution is 5.06. The largest absolute Gasteiger partial charge is 0.309 e. The van der Waals surface area contributed by atoms with Gasteiger partial charge in [0.25, 0.3) is 0 Å². The molecule has 2 aliphatic carbocycles. The van der Waals surface area contributed by atoms with Crippen molar-refractivity contribution in [3.8, 4) is 0 Å². The van der Waals surface area contributed by atoms with Crippen LogP contribution in [-0.2, 0) is 0 Å². The quantitative estimate of drug-likeness (QED) is 0.789. The monoisotopic (exact) mass is 236 g/mol. The average Bonchev–Trinajstić information content (AvgIpc) is 3.21. The molecular weight excluding hydrogens is 208 g/mol. The summed E-state index contributed by atoms with van der Waals surface area (Å²) in [5.74, 6) is 1.11. The van der Waals surface area contributed by atoms with E-state index in [1.54, 1.807) is 0 Å². The lowest BCUT2D eigenvalue weighted by molar-refractivity contribution is 0.0988. The maximum Gasteiger partial charge on any atom is 0.0304 e. The molecule has 2 heteroatoms. The van der Waals surface area contributed by atoms with Gasteiger partial charge in [0, 0.05) is 31.7 Å². The van der Waals surface area contributed by atoms with Gasteiger partial charge in [-0.2, -0.15) is 0 Å². The van der Waals surface area contributed by atoms with E-state index in [0.29, 0.717) is 5.54 Å². The fourth-order valence-electron chi connectivity index (χ4n) is 3.90. The van der Waals surface area contributed by atoms with E-state index >= 15 is 0 Å². The molecule has 0 spiro atoms. The van der Waals surface area contributed by atoms with Crippen molar-refractivity contribution in [1.82, 2.24) is 10.2 Å². The Hall–Kier alpha value is -0.0800. The first kappa shape index (κ1) is 12.0. The highest BCUT2D eigenvalue weighted by Gasteiger charge is 2.54. The Balaban J connectivity index is 1.60. The second-order valence-corrected chi connectivity index (χ2v) is 6.76. The van der Waals surface area contributed by atoms with Gasteiger partial charge < -0.3 is 5.32 Å². The Morgan fingerprint density at radius 2 is 1.88 bits per heavy atom. The summed E-state index contributed by atoms with van der Waals surface area (Å²) in [5.41, 5.74) is 1.20. The van der Waals surface area contributed by atoms with Gasteiger partial charge in [0.05, 0.1) is 0 Å². The van der Waals surface area contributed by atoms with Crippen LogP contribution in [0.2, 0.25) is 0 Å². The third kappa shape index (κ3) is 2.26. The number of hydrogen-bond donors (Lipinski definition) is 1.